The lowest BCUT2D eigenvalue weighted by atomic mass is 9.76. The van der Waals surface area contributed by atoms with Crippen molar-refractivity contribution in [2.45, 2.75) is 156 Å². The molecular weight excluding hydrogens is 836 g/mol. The zero-order chi connectivity index (χ0) is 48.5. The molecular formula is C66H77BO2. The number of hydrogen-bond donors (Lipinski definition) is 0. The fourth-order valence-electron chi connectivity index (χ4n) is 10.1. The number of unbranched alkanes of at least 4 members (excludes halogenated alkanes) is 5. The van der Waals surface area contributed by atoms with E-state index in [1.54, 1.807) is 0 Å². The standard InChI is InChI=1S/C66H77BO2/c1-10-14-16-18-21-49-26-32-54(33-27-49)58-39-59(55-36-34-51(35-37-55)50(13-4)19-12-3)43-61(42-58)63-44-62(45-64(46-63)67-68-65(6,7)66(8,9)69-67)60-40-56(52-28-22-47(5)23-29-52)38-57(41-60)53-30-24-48(25-31-53)20-17-15-11-2/h22-46,50H,10-21H2,1-9H3. The first-order chi connectivity index (χ1) is 33.4. The third-order valence-corrected chi connectivity index (χ3v) is 15.2. The maximum absolute atomic E-state index is 6.85. The Labute approximate surface area is 417 Å². The number of aryl methyl sites for hydroxylation is 3. The maximum atomic E-state index is 6.85. The van der Waals surface area contributed by atoms with Crippen molar-refractivity contribution < 1.29 is 9.31 Å². The Kier molecular flexibility index (Phi) is 16.3. The fourth-order valence-corrected chi connectivity index (χ4v) is 10.1. The first-order valence-corrected chi connectivity index (χ1v) is 26.5. The highest BCUT2D eigenvalue weighted by Gasteiger charge is 2.51. The highest BCUT2D eigenvalue weighted by Crippen LogP contribution is 2.40. The Bertz CT molecular complexity index is 2740. The Hall–Kier alpha value is -5.48. The molecule has 7 aromatic carbocycles. The second-order valence-corrected chi connectivity index (χ2v) is 21.1. The first kappa shape index (κ1) is 49.9. The van der Waals surface area contributed by atoms with Crippen LogP contribution >= 0.6 is 0 Å². The molecule has 69 heavy (non-hydrogen) atoms. The predicted molar refractivity (Wildman–Crippen MR) is 299 cm³/mol. The van der Waals surface area contributed by atoms with E-state index in [0.717, 1.165) is 41.4 Å². The number of hydrogen-bond acceptors (Lipinski definition) is 2. The van der Waals surface area contributed by atoms with E-state index in [2.05, 4.69) is 214 Å². The third kappa shape index (κ3) is 12.1. The SMILES string of the molecule is CCCCCCc1ccc(-c2cc(-c3ccc(C(CC)CCC)cc3)cc(-c3cc(B4OC(C)(C)C(C)(C)O4)cc(-c4cc(-c5ccc(C)cc5)cc(-c5ccc(CCCCC)cc5)c4)c3)c2)cc1. The summed E-state index contributed by atoms with van der Waals surface area (Å²) in [6.07, 6.45) is 14.6. The molecule has 1 aliphatic heterocycles. The topological polar surface area (TPSA) is 18.5 Å². The van der Waals surface area contributed by atoms with Gasteiger partial charge in [0.25, 0.3) is 0 Å². The van der Waals surface area contributed by atoms with Crippen molar-refractivity contribution in [3.63, 3.8) is 0 Å². The largest absolute Gasteiger partial charge is 0.494 e. The second kappa shape index (κ2) is 22.5. The molecule has 0 aliphatic carbocycles. The van der Waals surface area contributed by atoms with Gasteiger partial charge in [0.2, 0.25) is 0 Å². The Balaban J connectivity index is 1.29. The van der Waals surface area contributed by atoms with E-state index in [-0.39, 0.29) is 0 Å². The molecule has 1 heterocycles. The van der Waals surface area contributed by atoms with Crippen LogP contribution in [0.5, 0.6) is 0 Å². The molecule has 1 unspecified atom stereocenters. The molecule has 356 valence electrons. The maximum Gasteiger partial charge on any atom is 0.494 e. The lowest BCUT2D eigenvalue weighted by molar-refractivity contribution is 0.00578. The van der Waals surface area contributed by atoms with Crippen molar-refractivity contribution in [2.24, 2.45) is 0 Å². The van der Waals surface area contributed by atoms with Crippen LogP contribution < -0.4 is 5.46 Å². The van der Waals surface area contributed by atoms with Crippen molar-refractivity contribution in [1.82, 2.24) is 0 Å². The molecule has 8 rings (SSSR count). The zero-order valence-corrected chi connectivity index (χ0v) is 43.4. The Morgan fingerprint density at radius 3 is 1.13 bits per heavy atom. The number of benzene rings is 7. The van der Waals surface area contributed by atoms with E-state index < -0.39 is 18.3 Å². The van der Waals surface area contributed by atoms with Crippen LogP contribution in [0.25, 0.3) is 66.8 Å². The van der Waals surface area contributed by atoms with Crippen molar-refractivity contribution in [2.75, 3.05) is 0 Å². The molecule has 0 amide bonds. The summed E-state index contributed by atoms with van der Waals surface area (Å²) in [5, 5.41) is 0. The molecule has 1 fully saturated rings. The Morgan fingerprint density at radius 2 is 0.739 bits per heavy atom. The van der Waals surface area contributed by atoms with E-state index >= 15 is 0 Å². The van der Waals surface area contributed by atoms with Gasteiger partial charge >= 0.3 is 7.12 Å². The van der Waals surface area contributed by atoms with Crippen LogP contribution in [0.2, 0.25) is 0 Å². The molecule has 0 N–H and O–H groups in total. The summed E-state index contributed by atoms with van der Waals surface area (Å²) in [7, 11) is -0.525. The second-order valence-electron chi connectivity index (χ2n) is 21.1. The summed E-state index contributed by atoms with van der Waals surface area (Å²) in [6.45, 7) is 19.9. The third-order valence-electron chi connectivity index (χ3n) is 15.2. The van der Waals surface area contributed by atoms with Crippen LogP contribution in [0.3, 0.4) is 0 Å². The van der Waals surface area contributed by atoms with Crippen molar-refractivity contribution in [3.05, 3.63) is 174 Å². The average molecular weight is 913 g/mol. The van der Waals surface area contributed by atoms with Gasteiger partial charge in [-0.1, -0.05) is 181 Å². The minimum atomic E-state index is -0.525. The van der Waals surface area contributed by atoms with Crippen LogP contribution in [-0.4, -0.2) is 18.3 Å². The molecule has 0 radical (unpaired) electrons. The fraction of sp³-hybridized carbons (Fsp3) is 0.364. The predicted octanol–water partition coefficient (Wildman–Crippen LogP) is 18.4. The van der Waals surface area contributed by atoms with E-state index in [1.807, 2.05) is 0 Å². The molecule has 7 aromatic rings. The summed E-state index contributed by atoms with van der Waals surface area (Å²) < 4.78 is 13.7. The highest BCUT2D eigenvalue weighted by molar-refractivity contribution is 6.62. The summed E-state index contributed by atoms with van der Waals surface area (Å²) in [5.74, 6) is 0.586. The molecule has 3 heteroatoms. The quantitative estimate of drug-likeness (QED) is 0.0560. The van der Waals surface area contributed by atoms with Gasteiger partial charge in [0.1, 0.15) is 0 Å². The first-order valence-electron chi connectivity index (χ1n) is 26.5. The van der Waals surface area contributed by atoms with Gasteiger partial charge < -0.3 is 9.31 Å². The molecule has 2 nitrogen and oxygen atoms in total. The van der Waals surface area contributed by atoms with Gasteiger partial charge in [-0.3, -0.25) is 0 Å². The van der Waals surface area contributed by atoms with Gasteiger partial charge in [-0.05, 0) is 210 Å². The molecule has 0 spiro atoms. The molecule has 1 atom stereocenters. The molecule has 1 saturated heterocycles. The van der Waals surface area contributed by atoms with Gasteiger partial charge in [0.05, 0.1) is 11.2 Å². The lowest BCUT2D eigenvalue weighted by Gasteiger charge is -2.32. The smallest absolute Gasteiger partial charge is 0.399 e. The number of rotatable bonds is 20. The van der Waals surface area contributed by atoms with Crippen molar-refractivity contribution in [3.8, 4) is 66.8 Å². The molecule has 1 aliphatic rings. The lowest BCUT2D eigenvalue weighted by Crippen LogP contribution is -2.41. The highest BCUT2D eigenvalue weighted by atomic mass is 16.7. The summed E-state index contributed by atoms with van der Waals surface area (Å²) in [5.41, 5.74) is 19.9. The summed E-state index contributed by atoms with van der Waals surface area (Å²) in [4.78, 5) is 0. The minimum absolute atomic E-state index is 0.482. The summed E-state index contributed by atoms with van der Waals surface area (Å²) in [6, 6.07) is 58.3. The van der Waals surface area contributed by atoms with Crippen LogP contribution in [0.4, 0.5) is 0 Å². The summed E-state index contributed by atoms with van der Waals surface area (Å²) >= 11 is 0. The van der Waals surface area contributed by atoms with Crippen molar-refractivity contribution >= 4 is 12.6 Å². The van der Waals surface area contributed by atoms with Gasteiger partial charge in [0, 0.05) is 0 Å². The van der Waals surface area contributed by atoms with Gasteiger partial charge in [-0.2, -0.15) is 0 Å². The zero-order valence-electron chi connectivity index (χ0n) is 43.4. The van der Waals surface area contributed by atoms with Gasteiger partial charge in [-0.25, -0.2) is 0 Å². The van der Waals surface area contributed by atoms with Gasteiger partial charge in [-0.15, -0.1) is 0 Å². The monoisotopic (exact) mass is 913 g/mol. The van der Waals surface area contributed by atoms with Crippen LogP contribution in [0.1, 0.15) is 148 Å². The van der Waals surface area contributed by atoms with E-state index in [4.69, 9.17) is 9.31 Å². The minimum Gasteiger partial charge on any atom is -0.399 e. The van der Waals surface area contributed by atoms with Crippen molar-refractivity contribution in [1.29, 1.82) is 0 Å². The van der Waals surface area contributed by atoms with Crippen LogP contribution in [0, 0.1) is 6.92 Å². The van der Waals surface area contributed by atoms with Crippen LogP contribution in [0.15, 0.2) is 152 Å². The average Bonchev–Trinajstić information content (AvgIpc) is 3.60. The normalized spacial score (nSPS) is 14.6. The van der Waals surface area contributed by atoms with E-state index in [0.29, 0.717) is 5.92 Å². The van der Waals surface area contributed by atoms with Gasteiger partial charge in [0.15, 0.2) is 0 Å². The molecule has 0 aromatic heterocycles. The molecule has 0 bridgehead atoms. The van der Waals surface area contributed by atoms with Crippen LogP contribution in [-0.2, 0) is 22.2 Å². The van der Waals surface area contributed by atoms with E-state index in [9.17, 15) is 0 Å². The van der Waals surface area contributed by atoms with E-state index in [1.165, 1.54) is 130 Å². The Morgan fingerprint density at radius 1 is 0.391 bits per heavy atom. The molecule has 0 saturated carbocycles.